The smallest absolute Gasteiger partial charge is 0.322 e. The predicted octanol–water partition coefficient (Wildman–Crippen LogP) is 5.50. The van der Waals surface area contributed by atoms with Crippen LogP contribution in [0.5, 0.6) is 0 Å². The Morgan fingerprint density at radius 1 is 1.11 bits per heavy atom. The Bertz CT molecular complexity index is 1230. The average Bonchev–Trinajstić information content (AvgIpc) is 3.41. The zero-order chi connectivity index (χ0) is 25.9. The Hall–Kier alpha value is -3.72. The molecule has 4 atom stereocenters. The van der Waals surface area contributed by atoms with Gasteiger partial charge in [0.25, 0.3) is 0 Å². The number of fused-ring (bicyclic) bond motifs is 1. The molecule has 3 aromatic rings. The summed E-state index contributed by atoms with van der Waals surface area (Å²) >= 11 is 0. The minimum atomic E-state index is -0.578. The molecular weight excluding hydrogens is 478 g/mol. The maximum absolute atomic E-state index is 13.8. The first-order chi connectivity index (χ1) is 17.9. The highest BCUT2D eigenvalue weighted by Crippen LogP contribution is 2.35. The van der Waals surface area contributed by atoms with Crippen molar-refractivity contribution >= 4 is 23.3 Å². The Morgan fingerprint density at radius 2 is 1.89 bits per heavy atom. The second kappa shape index (κ2) is 10.7. The molecule has 2 fully saturated rings. The molecule has 1 saturated heterocycles. The Kier molecular flexibility index (Phi) is 7.23. The molecule has 1 aliphatic heterocycles. The van der Waals surface area contributed by atoms with Crippen molar-refractivity contribution in [3.63, 3.8) is 0 Å². The highest BCUT2D eigenvalue weighted by molar-refractivity contribution is 5.97. The third-order valence-corrected chi connectivity index (χ3v) is 7.28. The van der Waals surface area contributed by atoms with Crippen LogP contribution in [0.3, 0.4) is 0 Å². The summed E-state index contributed by atoms with van der Waals surface area (Å²) in [7, 11) is 0. The molecule has 2 aliphatic rings. The van der Waals surface area contributed by atoms with E-state index in [0.717, 1.165) is 25.7 Å². The minimum Gasteiger partial charge on any atom is -0.467 e. The summed E-state index contributed by atoms with van der Waals surface area (Å²) < 4.78 is 33.0. The second-order valence-corrected chi connectivity index (χ2v) is 9.68. The number of benzene rings is 2. The molecule has 0 radical (unpaired) electrons. The molecule has 5 rings (SSSR count). The molecular formula is C28H30F2N4O3. The van der Waals surface area contributed by atoms with Crippen LogP contribution < -0.4 is 15.5 Å². The number of carbonyl (C=O) groups is 2. The molecule has 1 aliphatic carbocycles. The highest BCUT2D eigenvalue weighted by Gasteiger charge is 2.46. The van der Waals surface area contributed by atoms with E-state index in [0.29, 0.717) is 17.1 Å². The van der Waals surface area contributed by atoms with Gasteiger partial charge in [-0.25, -0.2) is 13.6 Å². The van der Waals surface area contributed by atoms with E-state index in [-0.39, 0.29) is 24.4 Å². The van der Waals surface area contributed by atoms with Gasteiger partial charge in [-0.3, -0.25) is 15.0 Å². The second-order valence-electron chi connectivity index (χ2n) is 9.68. The first-order valence-electron chi connectivity index (χ1n) is 12.6. The molecule has 194 valence electrons. The van der Waals surface area contributed by atoms with Gasteiger partial charge in [-0.2, -0.15) is 0 Å². The van der Waals surface area contributed by atoms with Crippen molar-refractivity contribution in [3.05, 3.63) is 84.3 Å². The fourth-order valence-corrected chi connectivity index (χ4v) is 5.38. The van der Waals surface area contributed by atoms with Gasteiger partial charge in [0.15, 0.2) is 0 Å². The molecule has 7 nitrogen and oxygen atoms in total. The van der Waals surface area contributed by atoms with E-state index in [4.69, 9.17) is 4.42 Å². The third-order valence-electron chi connectivity index (χ3n) is 7.28. The van der Waals surface area contributed by atoms with Gasteiger partial charge in [0.1, 0.15) is 23.6 Å². The number of nitrogens with one attached hydrogen (secondary N) is 2. The molecule has 9 heteroatoms. The minimum absolute atomic E-state index is 0.0119. The number of furan rings is 1. The van der Waals surface area contributed by atoms with E-state index in [1.807, 2.05) is 6.92 Å². The van der Waals surface area contributed by atoms with Crippen LogP contribution in [0, 0.1) is 17.6 Å². The van der Waals surface area contributed by atoms with Gasteiger partial charge in [-0.05, 0) is 74.4 Å². The van der Waals surface area contributed by atoms with Crippen LogP contribution in [0.25, 0.3) is 0 Å². The van der Waals surface area contributed by atoms with Gasteiger partial charge in [0, 0.05) is 17.4 Å². The third kappa shape index (κ3) is 5.36. The number of anilines is 2. The van der Waals surface area contributed by atoms with Gasteiger partial charge >= 0.3 is 6.03 Å². The Balaban J connectivity index is 1.49. The summed E-state index contributed by atoms with van der Waals surface area (Å²) in [6.07, 6.45) is 4.60. The van der Waals surface area contributed by atoms with Crippen molar-refractivity contribution < 1.29 is 22.8 Å². The number of halogens is 2. The lowest BCUT2D eigenvalue weighted by Gasteiger charge is -2.50. The van der Waals surface area contributed by atoms with Crippen LogP contribution >= 0.6 is 0 Å². The number of hydrogen-bond donors (Lipinski definition) is 2. The topological polar surface area (TPSA) is 77.8 Å². The maximum atomic E-state index is 13.8. The number of nitrogens with zero attached hydrogens (tertiary/aromatic N) is 2. The largest absolute Gasteiger partial charge is 0.467 e. The Morgan fingerprint density at radius 3 is 2.62 bits per heavy atom. The SMILES string of the molecule is CC(C1NC2CCCCC2C(=O)N1c1ccc(F)cc1)N(Cc1ccco1)C(=O)Nc1cccc(F)c1. The van der Waals surface area contributed by atoms with Crippen molar-refractivity contribution in [1.29, 1.82) is 0 Å². The molecule has 2 N–H and O–H groups in total. The monoisotopic (exact) mass is 508 g/mol. The first-order valence-corrected chi connectivity index (χ1v) is 12.6. The molecule has 1 aromatic heterocycles. The number of urea groups is 1. The average molecular weight is 509 g/mol. The summed E-state index contributed by atoms with van der Waals surface area (Å²) in [5.74, 6) is -0.506. The lowest BCUT2D eigenvalue weighted by molar-refractivity contribution is -0.127. The number of hydrogen-bond acceptors (Lipinski definition) is 4. The molecule has 37 heavy (non-hydrogen) atoms. The number of rotatable bonds is 6. The van der Waals surface area contributed by atoms with Crippen molar-refractivity contribution in [2.75, 3.05) is 10.2 Å². The quantitative estimate of drug-likeness (QED) is 0.461. The van der Waals surface area contributed by atoms with Gasteiger partial charge in [-0.15, -0.1) is 0 Å². The van der Waals surface area contributed by atoms with E-state index in [1.54, 1.807) is 40.1 Å². The zero-order valence-corrected chi connectivity index (χ0v) is 20.6. The molecule has 0 bridgehead atoms. The van der Waals surface area contributed by atoms with E-state index < -0.39 is 29.9 Å². The number of amides is 3. The molecule has 2 heterocycles. The van der Waals surface area contributed by atoms with E-state index in [1.165, 1.54) is 36.6 Å². The predicted molar refractivity (Wildman–Crippen MR) is 136 cm³/mol. The summed E-state index contributed by atoms with van der Waals surface area (Å²) in [6, 6.07) is 14.0. The maximum Gasteiger partial charge on any atom is 0.322 e. The molecule has 0 spiro atoms. The first kappa shape index (κ1) is 25.0. The Labute approximate surface area is 214 Å². The van der Waals surface area contributed by atoms with Crippen LogP contribution in [-0.2, 0) is 11.3 Å². The summed E-state index contributed by atoms with van der Waals surface area (Å²) in [5, 5.41) is 6.41. The molecule has 3 amide bonds. The normalized spacial score (nSPS) is 22.3. The van der Waals surface area contributed by atoms with Gasteiger partial charge in [-0.1, -0.05) is 18.9 Å². The highest BCUT2D eigenvalue weighted by atomic mass is 19.1. The molecule has 1 saturated carbocycles. The summed E-state index contributed by atoms with van der Waals surface area (Å²) in [4.78, 5) is 30.6. The van der Waals surface area contributed by atoms with Crippen molar-refractivity contribution in [3.8, 4) is 0 Å². The van der Waals surface area contributed by atoms with Gasteiger partial charge in [0.2, 0.25) is 5.91 Å². The van der Waals surface area contributed by atoms with Crippen molar-refractivity contribution in [2.45, 2.75) is 57.4 Å². The summed E-state index contributed by atoms with van der Waals surface area (Å²) in [6.45, 7) is 1.99. The van der Waals surface area contributed by atoms with Crippen molar-refractivity contribution in [1.82, 2.24) is 10.2 Å². The van der Waals surface area contributed by atoms with Crippen LogP contribution in [-0.4, -0.2) is 35.1 Å². The zero-order valence-electron chi connectivity index (χ0n) is 20.6. The van der Waals surface area contributed by atoms with E-state index in [2.05, 4.69) is 10.6 Å². The van der Waals surface area contributed by atoms with Crippen LogP contribution in [0.2, 0.25) is 0 Å². The van der Waals surface area contributed by atoms with Gasteiger partial charge in [0.05, 0.1) is 24.8 Å². The summed E-state index contributed by atoms with van der Waals surface area (Å²) in [5.41, 5.74) is 0.875. The molecule has 4 unspecified atom stereocenters. The van der Waals surface area contributed by atoms with Crippen LogP contribution in [0.1, 0.15) is 38.4 Å². The number of carbonyl (C=O) groups excluding carboxylic acids is 2. The fourth-order valence-electron chi connectivity index (χ4n) is 5.38. The fraction of sp³-hybridized carbons (Fsp3) is 0.357. The van der Waals surface area contributed by atoms with E-state index in [9.17, 15) is 18.4 Å². The van der Waals surface area contributed by atoms with Crippen molar-refractivity contribution in [2.24, 2.45) is 5.92 Å². The van der Waals surface area contributed by atoms with Crippen LogP contribution in [0.15, 0.2) is 71.3 Å². The molecule has 2 aromatic carbocycles. The van der Waals surface area contributed by atoms with E-state index >= 15 is 0 Å². The standard InChI is InChI=1S/C28H30F2N4O3/c1-18(33(17-23-8-5-15-37-23)28(36)31-21-7-4-6-20(30)16-21)26-32-25-10-3-2-9-24(25)27(35)34(26)22-13-11-19(29)12-14-22/h4-8,11-16,18,24-26,32H,2-3,9-10,17H2,1H3,(H,31,36). The lowest BCUT2D eigenvalue weighted by atomic mass is 9.81. The van der Waals surface area contributed by atoms with Crippen LogP contribution in [0.4, 0.5) is 25.0 Å². The van der Waals surface area contributed by atoms with Gasteiger partial charge < -0.3 is 14.6 Å². The lowest BCUT2D eigenvalue weighted by Crippen LogP contribution is -2.69.